The normalized spacial score (nSPS) is 14.1. The van der Waals surface area contributed by atoms with Gasteiger partial charge in [0.2, 0.25) is 5.85 Å². The average Bonchev–Trinajstić information content (AvgIpc) is 3.26. The molecule has 0 fully saturated rings. The van der Waals surface area contributed by atoms with Crippen LogP contribution in [0, 0.1) is 0 Å². The highest BCUT2D eigenvalue weighted by Gasteiger charge is 2.29. The van der Waals surface area contributed by atoms with Crippen molar-refractivity contribution in [3.8, 4) is 5.69 Å². The molecule has 7 heteroatoms. The Morgan fingerprint density at radius 3 is 2.34 bits per heavy atom. The lowest BCUT2D eigenvalue weighted by Gasteiger charge is -2.27. The predicted octanol–water partition coefficient (Wildman–Crippen LogP) is 3.84. The molecule has 4 rings (SSSR count). The molecule has 2 heterocycles. The molecule has 1 atom stereocenters. The molecule has 0 aliphatic heterocycles. The first kappa shape index (κ1) is 19.0. The number of nitrogen functional groups attached to an aromatic ring is 1. The third-order valence-electron chi connectivity index (χ3n) is 4.90. The standard InChI is InChI=1S/C22H26N6O/c1-21(2,3)19-13-20(23)28(26-19)22(4,29)25-15-9-11-16(12-10-15)27-14-24-17-7-5-6-8-18(17)27/h5-14,25,29H,23H2,1-4H3. The summed E-state index contributed by atoms with van der Waals surface area (Å²) in [5, 5.41) is 18.6. The third-order valence-corrected chi connectivity index (χ3v) is 4.90. The molecule has 29 heavy (non-hydrogen) atoms. The number of nitrogens with one attached hydrogen (secondary N) is 1. The Morgan fingerprint density at radius 2 is 1.69 bits per heavy atom. The largest absolute Gasteiger partial charge is 0.384 e. The zero-order chi connectivity index (χ0) is 20.8. The molecule has 1 unspecified atom stereocenters. The topological polar surface area (TPSA) is 93.9 Å². The molecular weight excluding hydrogens is 364 g/mol. The van der Waals surface area contributed by atoms with Gasteiger partial charge in [0.05, 0.1) is 16.7 Å². The van der Waals surface area contributed by atoms with Gasteiger partial charge in [-0.25, -0.2) is 4.98 Å². The van der Waals surface area contributed by atoms with Crippen LogP contribution in [0.2, 0.25) is 0 Å². The fourth-order valence-corrected chi connectivity index (χ4v) is 3.31. The van der Waals surface area contributed by atoms with Crippen LogP contribution in [0.15, 0.2) is 60.9 Å². The van der Waals surface area contributed by atoms with Gasteiger partial charge in [0.15, 0.2) is 0 Å². The number of aromatic nitrogens is 4. The molecule has 0 saturated heterocycles. The minimum Gasteiger partial charge on any atom is -0.384 e. The van der Waals surface area contributed by atoms with Crippen LogP contribution in [-0.4, -0.2) is 24.4 Å². The van der Waals surface area contributed by atoms with Gasteiger partial charge < -0.3 is 16.2 Å². The Morgan fingerprint density at radius 1 is 1.00 bits per heavy atom. The van der Waals surface area contributed by atoms with Crippen molar-refractivity contribution >= 4 is 22.5 Å². The molecule has 0 aliphatic rings. The maximum absolute atomic E-state index is 11.0. The molecule has 0 radical (unpaired) electrons. The van der Waals surface area contributed by atoms with E-state index in [1.807, 2.05) is 59.4 Å². The Labute approximate surface area is 169 Å². The van der Waals surface area contributed by atoms with Crippen molar-refractivity contribution in [2.75, 3.05) is 11.1 Å². The SMILES string of the molecule is CC(C)(C)c1cc(N)n(C(C)(O)Nc2ccc(-n3cnc4ccccc43)cc2)n1. The second kappa shape index (κ2) is 6.63. The Balaban J connectivity index is 1.59. The summed E-state index contributed by atoms with van der Waals surface area (Å²) in [4.78, 5) is 4.43. The number of benzene rings is 2. The first-order valence-electron chi connectivity index (χ1n) is 9.55. The van der Waals surface area contributed by atoms with Crippen LogP contribution in [0.1, 0.15) is 33.4 Å². The van der Waals surface area contributed by atoms with Gasteiger partial charge in [-0.2, -0.15) is 9.78 Å². The number of nitrogens with zero attached hydrogens (tertiary/aromatic N) is 4. The highest BCUT2D eigenvalue weighted by atomic mass is 16.3. The quantitative estimate of drug-likeness (QED) is 0.460. The van der Waals surface area contributed by atoms with Crippen LogP contribution in [0.5, 0.6) is 0 Å². The molecule has 4 N–H and O–H groups in total. The molecule has 2 aromatic carbocycles. The highest BCUT2D eigenvalue weighted by Crippen LogP contribution is 2.27. The number of anilines is 2. The third kappa shape index (κ3) is 3.56. The summed E-state index contributed by atoms with van der Waals surface area (Å²) in [5.41, 5.74) is 10.5. The molecule has 0 aliphatic carbocycles. The van der Waals surface area contributed by atoms with Crippen LogP contribution < -0.4 is 11.1 Å². The van der Waals surface area contributed by atoms with E-state index in [2.05, 4.69) is 36.2 Å². The first-order valence-corrected chi connectivity index (χ1v) is 9.55. The van der Waals surface area contributed by atoms with E-state index in [-0.39, 0.29) is 5.41 Å². The van der Waals surface area contributed by atoms with E-state index in [9.17, 15) is 5.11 Å². The molecule has 0 bridgehead atoms. The predicted molar refractivity (Wildman–Crippen MR) is 116 cm³/mol. The van der Waals surface area contributed by atoms with E-state index >= 15 is 0 Å². The van der Waals surface area contributed by atoms with Crippen molar-refractivity contribution in [1.82, 2.24) is 19.3 Å². The monoisotopic (exact) mass is 390 g/mol. The number of aliphatic hydroxyl groups is 1. The van der Waals surface area contributed by atoms with Crippen LogP contribution in [-0.2, 0) is 11.3 Å². The lowest BCUT2D eigenvalue weighted by Crippen LogP contribution is -2.40. The molecule has 0 amide bonds. The second-order valence-corrected chi connectivity index (χ2v) is 8.41. The van der Waals surface area contributed by atoms with Crippen molar-refractivity contribution in [2.45, 2.75) is 39.0 Å². The fraction of sp³-hybridized carbons (Fsp3) is 0.273. The lowest BCUT2D eigenvalue weighted by atomic mass is 9.92. The maximum Gasteiger partial charge on any atom is 0.234 e. The number of fused-ring (bicyclic) bond motifs is 1. The first-order chi connectivity index (χ1) is 13.6. The van der Waals surface area contributed by atoms with Crippen molar-refractivity contribution in [3.05, 3.63) is 66.6 Å². The minimum atomic E-state index is -1.48. The molecule has 7 nitrogen and oxygen atoms in total. The van der Waals surface area contributed by atoms with Gasteiger partial charge in [0.1, 0.15) is 12.1 Å². The molecule has 2 aromatic heterocycles. The van der Waals surface area contributed by atoms with Gasteiger partial charge >= 0.3 is 0 Å². The summed E-state index contributed by atoms with van der Waals surface area (Å²) < 4.78 is 3.43. The molecular formula is C22H26N6O. The average molecular weight is 390 g/mol. The summed E-state index contributed by atoms with van der Waals surface area (Å²) >= 11 is 0. The molecule has 150 valence electrons. The number of hydrogen-bond donors (Lipinski definition) is 3. The van der Waals surface area contributed by atoms with Crippen molar-refractivity contribution < 1.29 is 5.11 Å². The lowest BCUT2D eigenvalue weighted by molar-refractivity contribution is 0.00148. The van der Waals surface area contributed by atoms with Crippen molar-refractivity contribution in [3.63, 3.8) is 0 Å². The van der Waals surface area contributed by atoms with Gasteiger partial charge in [-0.1, -0.05) is 32.9 Å². The van der Waals surface area contributed by atoms with Crippen LogP contribution in [0.25, 0.3) is 16.7 Å². The molecule has 4 aromatic rings. The van der Waals surface area contributed by atoms with Gasteiger partial charge in [0, 0.05) is 29.8 Å². The highest BCUT2D eigenvalue weighted by molar-refractivity contribution is 5.77. The fourth-order valence-electron chi connectivity index (χ4n) is 3.31. The van der Waals surface area contributed by atoms with E-state index in [1.165, 1.54) is 4.68 Å². The zero-order valence-electron chi connectivity index (χ0n) is 17.1. The summed E-state index contributed by atoms with van der Waals surface area (Å²) in [6.07, 6.45) is 1.81. The van der Waals surface area contributed by atoms with Gasteiger partial charge in [0.25, 0.3) is 0 Å². The van der Waals surface area contributed by atoms with Gasteiger partial charge in [-0.15, -0.1) is 0 Å². The summed E-state index contributed by atoms with van der Waals surface area (Å²) in [6.45, 7) is 7.79. The number of nitrogens with two attached hydrogens (primary N) is 1. The van der Waals surface area contributed by atoms with Gasteiger partial charge in [-0.3, -0.25) is 4.57 Å². The zero-order valence-corrected chi connectivity index (χ0v) is 17.1. The van der Waals surface area contributed by atoms with Crippen molar-refractivity contribution in [1.29, 1.82) is 0 Å². The van der Waals surface area contributed by atoms with Crippen LogP contribution >= 0.6 is 0 Å². The molecule has 0 spiro atoms. The summed E-state index contributed by atoms with van der Waals surface area (Å²) in [7, 11) is 0. The van der Waals surface area contributed by atoms with E-state index in [1.54, 1.807) is 13.0 Å². The second-order valence-electron chi connectivity index (χ2n) is 8.41. The Bertz CT molecular complexity index is 1150. The number of para-hydroxylation sites is 2. The van der Waals surface area contributed by atoms with Crippen LogP contribution in [0.4, 0.5) is 11.5 Å². The summed E-state index contributed by atoms with van der Waals surface area (Å²) in [6, 6.07) is 17.5. The maximum atomic E-state index is 11.0. The van der Waals surface area contributed by atoms with Crippen LogP contribution in [0.3, 0.4) is 0 Å². The number of rotatable bonds is 4. The molecule has 0 saturated carbocycles. The Hall–Kier alpha value is -3.32. The van der Waals surface area contributed by atoms with Gasteiger partial charge in [-0.05, 0) is 36.4 Å². The van der Waals surface area contributed by atoms with Crippen molar-refractivity contribution in [2.24, 2.45) is 0 Å². The number of imidazole rings is 1. The van der Waals surface area contributed by atoms with E-state index in [0.717, 1.165) is 28.1 Å². The van der Waals surface area contributed by atoms with E-state index in [0.29, 0.717) is 5.82 Å². The Kier molecular flexibility index (Phi) is 4.35. The minimum absolute atomic E-state index is 0.162. The number of hydrogen-bond acceptors (Lipinski definition) is 5. The summed E-state index contributed by atoms with van der Waals surface area (Å²) in [5.74, 6) is -1.08. The van der Waals surface area contributed by atoms with E-state index in [4.69, 9.17) is 5.73 Å². The smallest absolute Gasteiger partial charge is 0.234 e. The van der Waals surface area contributed by atoms with E-state index < -0.39 is 5.85 Å².